The molecule has 0 fully saturated rings. The van der Waals surface area contributed by atoms with E-state index in [-0.39, 0.29) is 18.2 Å². The van der Waals surface area contributed by atoms with Gasteiger partial charge in [0.05, 0.1) is 0 Å². The van der Waals surface area contributed by atoms with Crippen LogP contribution in [0.3, 0.4) is 0 Å². The van der Waals surface area contributed by atoms with Crippen LogP contribution in [0.2, 0.25) is 0 Å². The smallest absolute Gasteiger partial charge is 0.264 e. The van der Waals surface area contributed by atoms with Crippen molar-refractivity contribution in [2.24, 2.45) is 0 Å². The molecule has 0 unspecified atom stereocenters. The number of sulfonamides is 1. The topological polar surface area (TPSA) is 75.7 Å². The second kappa shape index (κ2) is 7.00. The predicted octanol–water partition coefficient (Wildman–Crippen LogP) is 2.30. The van der Waals surface area contributed by atoms with E-state index in [4.69, 9.17) is 4.74 Å². The minimum Gasteiger partial charge on any atom is -0.375 e. The minimum atomic E-state index is -4.29. The molecular weight excluding hydrogens is 366 g/mol. The van der Waals surface area contributed by atoms with Crippen LogP contribution in [0.25, 0.3) is 0 Å². The molecule has 1 N–H and O–H groups in total. The van der Waals surface area contributed by atoms with Gasteiger partial charge in [-0.1, -0.05) is 0 Å². The Morgan fingerprint density at radius 3 is 2.73 bits per heavy atom. The van der Waals surface area contributed by atoms with E-state index < -0.39 is 26.6 Å². The lowest BCUT2D eigenvalue weighted by Crippen LogP contribution is -2.31. The monoisotopic (exact) mass is 382 g/mol. The van der Waals surface area contributed by atoms with Gasteiger partial charge in [-0.25, -0.2) is 17.2 Å². The fraction of sp³-hybridized carbons (Fsp3) is 0.235. The van der Waals surface area contributed by atoms with Gasteiger partial charge in [-0.3, -0.25) is 9.52 Å². The predicted molar refractivity (Wildman–Crippen MR) is 91.5 cm³/mol. The lowest BCUT2D eigenvalue weighted by Gasteiger charge is -2.17. The van der Waals surface area contributed by atoms with E-state index in [2.05, 4.69) is 4.72 Å². The first-order valence-corrected chi connectivity index (χ1v) is 9.20. The second-order valence-electron chi connectivity index (χ2n) is 5.75. The average Bonchev–Trinajstić information content (AvgIpc) is 3.00. The number of methoxy groups -OCH3 is 1. The number of benzene rings is 2. The van der Waals surface area contributed by atoms with Crippen molar-refractivity contribution in [3.8, 4) is 0 Å². The summed E-state index contributed by atoms with van der Waals surface area (Å²) in [7, 11) is -2.86. The number of halogens is 2. The molecule has 138 valence electrons. The molecule has 6 nitrogen and oxygen atoms in total. The highest BCUT2D eigenvalue weighted by atomic mass is 32.2. The summed E-state index contributed by atoms with van der Waals surface area (Å²) in [5.74, 6) is -2.09. The van der Waals surface area contributed by atoms with Crippen LogP contribution in [-0.4, -0.2) is 34.6 Å². The summed E-state index contributed by atoms with van der Waals surface area (Å²) in [6.45, 7) is 0.416. The molecule has 1 aliphatic rings. The number of rotatable bonds is 5. The van der Waals surface area contributed by atoms with Crippen LogP contribution in [0.4, 0.5) is 20.2 Å². The van der Waals surface area contributed by atoms with Crippen LogP contribution in [0.1, 0.15) is 5.56 Å². The lowest BCUT2D eigenvalue weighted by molar-refractivity contribution is -0.122. The summed E-state index contributed by atoms with van der Waals surface area (Å²) in [5, 5.41) is 0. The number of nitrogens with one attached hydrogen (secondary N) is 1. The standard InChI is InChI=1S/C17H16F2N2O4S/c1-25-10-17(22)21-7-6-11-8-13(3-5-15(11)21)20-26(23,24)16-9-12(18)2-4-14(16)19/h2-5,8-9,20H,6-7,10H2,1H3. The normalized spacial score (nSPS) is 13.6. The molecule has 1 heterocycles. The van der Waals surface area contributed by atoms with Crippen LogP contribution in [0.15, 0.2) is 41.3 Å². The van der Waals surface area contributed by atoms with Gasteiger partial charge in [0.25, 0.3) is 15.9 Å². The highest BCUT2D eigenvalue weighted by molar-refractivity contribution is 7.92. The van der Waals surface area contributed by atoms with E-state index in [9.17, 15) is 22.0 Å². The highest BCUT2D eigenvalue weighted by Crippen LogP contribution is 2.31. The molecule has 2 aromatic rings. The van der Waals surface area contributed by atoms with Crippen molar-refractivity contribution >= 4 is 27.3 Å². The number of hydrogen-bond donors (Lipinski definition) is 1. The molecule has 0 radical (unpaired) electrons. The van der Waals surface area contributed by atoms with Crippen LogP contribution in [0, 0.1) is 11.6 Å². The van der Waals surface area contributed by atoms with E-state index in [1.165, 1.54) is 13.2 Å². The molecule has 2 aromatic carbocycles. The maximum absolute atomic E-state index is 13.8. The molecule has 0 saturated heterocycles. The first-order chi connectivity index (χ1) is 12.3. The van der Waals surface area contributed by atoms with Crippen LogP contribution in [-0.2, 0) is 26.0 Å². The molecular formula is C17H16F2N2O4S. The number of hydrogen-bond acceptors (Lipinski definition) is 4. The number of fused-ring (bicyclic) bond motifs is 1. The van der Waals surface area contributed by atoms with Crippen molar-refractivity contribution in [2.75, 3.05) is 29.9 Å². The van der Waals surface area contributed by atoms with Crippen molar-refractivity contribution in [3.05, 3.63) is 53.6 Å². The first-order valence-electron chi connectivity index (χ1n) is 7.72. The summed E-state index contributed by atoms with van der Waals surface area (Å²) < 4.78 is 58.8. The number of ether oxygens (including phenoxy) is 1. The van der Waals surface area contributed by atoms with Crippen LogP contribution in [0.5, 0.6) is 0 Å². The van der Waals surface area contributed by atoms with Gasteiger partial charge in [-0.05, 0) is 48.4 Å². The second-order valence-corrected chi connectivity index (χ2v) is 7.40. The Labute approximate surface area is 149 Å². The Morgan fingerprint density at radius 2 is 2.00 bits per heavy atom. The number of nitrogens with zero attached hydrogens (tertiary/aromatic N) is 1. The van der Waals surface area contributed by atoms with Crippen molar-refractivity contribution in [3.63, 3.8) is 0 Å². The molecule has 1 amide bonds. The average molecular weight is 382 g/mol. The summed E-state index contributed by atoms with van der Waals surface area (Å²) in [6, 6.07) is 6.86. The van der Waals surface area contributed by atoms with Crippen molar-refractivity contribution < 1.29 is 26.7 Å². The molecule has 0 atom stereocenters. The van der Waals surface area contributed by atoms with Gasteiger partial charge in [0.2, 0.25) is 0 Å². The SMILES string of the molecule is COCC(=O)N1CCc2cc(NS(=O)(=O)c3cc(F)ccc3F)ccc21. The molecule has 0 aromatic heterocycles. The third-order valence-electron chi connectivity index (χ3n) is 3.98. The van der Waals surface area contributed by atoms with E-state index >= 15 is 0 Å². The van der Waals surface area contributed by atoms with E-state index in [0.717, 1.165) is 17.7 Å². The van der Waals surface area contributed by atoms with E-state index in [0.29, 0.717) is 24.7 Å². The minimum absolute atomic E-state index is 0.0489. The van der Waals surface area contributed by atoms with Gasteiger partial charge in [-0.2, -0.15) is 0 Å². The summed E-state index contributed by atoms with van der Waals surface area (Å²) >= 11 is 0. The molecule has 0 bridgehead atoms. The van der Waals surface area contributed by atoms with Gasteiger partial charge < -0.3 is 9.64 Å². The fourth-order valence-corrected chi connectivity index (χ4v) is 3.96. The first kappa shape index (κ1) is 18.3. The Hall–Kier alpha value is -2.52. The van der Waals surface area contributed by atoms with Gasteiger partial charge in [0.1, 0.15) is 23.1 Å². The van der Waals surface area contributed by atoms with Crippen LogP contribution < -0.4 is 9.62 Å². The number of amides is 1. The zero-order chi connectivity index (χ0) is 18.9. The molecule has 1 aliphatic heterocycles. The summed E-state index contributed by atoms with van der Waals surface area (Å²) in [6.07, 6.45) is 0.550. The van der Waals surface area contributed by atoms with Gasteiger partial charge in [-0.15, -0.1) is 0 Å². The Balaban J connectivity index is 1.86. The third-order valence-corrected chi connectivity index (χ3v) is 5.38. The van der Waals surface area contributed by atoms with Crippen LogP contribution >= 0.6 is 0 Å². The summed E-state index contributed by atoms with van der Waals surface area (Å²) in [4.78, 5) is 12.8. The van der Waals surface area contributed by atoms with Crippen molar-refractivity contribution in [1.29, 1.82) is 0 Å². The van der Waals surface area contributed by atoms with Gasteiger partial charge >= 0.3 is 0 Å². The number of anilines is 2. The number of carbonyl (C=O) groups excluding carboxylic acids is 1. The molecule has 0 aliphatic carbocycles. The molecule has 0 spiro atoms. The third kappa shape index (κ3) is 3.54. The zero-order valence-corrected chi connectivity index (χ0v) is 14.6. The largest absolute Gasteiger partial charge is 0.375 e. The van der Waals surface area contributed by atoms with E-state index in [1.54, 1.807) is 17.0 Å². The number of carbonyl (C=O) groups is 1. The van der Waals surface area contributed by atoms with E-state index in [1.807, 2.05) is 0 Å². The van der Waals surface area contributed by atoms with Gasteiger partial charge in [0.15, 0.2) is 0 Å². The molecule has 26 heavy (non-hydrogen) atoms. The Kier molecular flexibility index (Phi) is 4.92. The van der Waals surface area contributed by atoms with Gasteiger partial charge in [0, 0.05) is 25.0 Å². The molecule has 9 heteroatoms. The zero-order valence-electron chi connectivity index (χ0n) is 13.8. The lowest BCUT2D eigenvalue weighted by atomic mass is 10.1. The Bertz CT molecular complexity index is 963. The highest BCUT2D eigenvalue weighted by Gasteiger charge is 2.26. The quantitative estimate of drug-likeness (QED) is 0.861. The fourth-order valence-electron chi connectivity index (χ4n) is 2.82. The van der Waals surface area contributed by atoms with Crippen molar-refractivity contribution in [2.45, 2.75) is 11.3 Å². The molecule has 3 rings (SSSR count). The van der Waals surface area contributed by atoms with Crippen molar-refractivity contribution in [1.82, 2.24) is 0 Å². The Morgan fingerprint density at radius 1 is 1.23 bits per heavy atom. The maximum atomic E-state index is 13.8. The maximum Gasteiger partial charge on any atom is 0.264 e. The summed E-state index contributed by atoms with van der Waals surface area (Å²) in [5.41, 5.74) is 1.65. The molecule has 0 saturated carbocycles.